The molecule has 0 aromatic heterocycles. The van der Waals surface area contributed by atoms with Crippen molar-refractivity contribution >= 4 is 0 Å². The first kappa shape index (κ1) is 15.8. The van der Waals surface area contributed by atoms with Gasteiger partial charge >= 0.3 is 0 Å². The average Bonchev–Trinajstić information content (AvgIpc) is 2.45. The van der Waals surface area contributed by atoms with Crippen LogP contribution in [0.4, 0.5) is 0 Å². The summed E-state index contributed by atoms with van der Waals surface area (Å²) in [4.78, 5) is 0. The van der Waals surface area contributed by atoms with Crippen LogP contribution >= 0.6 is 0 Å². The molecule has 0 aliphatic heterocycles. The van der Waals surface area contributed by atoms with Crippen LogP contribution in [0.15, 0.2) is 24.3 Å². The largest absolute Gasteiger partial charge is 0.493 e. The maximum absolute atomic E-state index is 9.76. The van der Waals surface area contributed by atoms with Crippen molar-refractivity contribution in [3.63, 3.8) is 0 Å². The van der Waals surface area contributed by atoms with Crippen LogP contribution in [-0.4, -0.2) is 51.2 Å². The van der Waals surface area contributed by atoms with Gasteiger partial charge in [-0.25, -0.2) is 0 Å². The fourth-order valence-electron chi connectivity index (χ4n) is 1.54. The molecule has 0 bridgehead atoms. The Morgan fingerprint density at radius 2 is 2.00 bits per heavy atom. The zero-order valence-corrected chi connectivity index (χ0v) is 11.6. The molecular weight excluding hydrogens is 246 g/mol. The fourth-order valence-corrected chi connectivity index (χ4v) is 1.54. The SMILES string of the molecule is CCOCCNCC(O)COc1ccccc1OC. The first-order valence-corrected chi connectivity index (χ1v) is 6.50. The Hall–Kier alpha value is -1.30. The zero-order valence-electron chi connectivity index (χ0n) is 11.6. The van der Waals surface area contributed by atoms with Crippen LogP contribution in [0.2, 0.25) is 0 Å². The van der Waals surface area contributed by atoms with Crippen molar-refractivity contribution in [3.05, 3.63) is 24.3 Å². The van der Waals surface area contributed by atoms with Crippen molar-refractivity contribution in [1.82, 2.24) is 5.32 Å². The molecule has 1 rings (SSSR count). The molecule has 2 N–H and O–H groups in total. The number of rotatable bonds is 10. The summed E-state index contributed by atoms with van der Waals surface area (Å²) in [6.45, 7) is 4.73. The summed E-state index contributed by atoms with van der Waals surface area (Å²) >= 11 is 0. The summed E-state index contributed by atoms with van der Waals surface area (Å²) in [5, 5.41) is 12.9. The second kappa shape index (κ2) is 9.61. The molecular formula is C14H23NO4. The normalized spacial score (nSPS) is 12.2. The molecule has 0 heterocycles. The second-order valence-corrected chi connectivity index (χ2v) is 4.02. The third-order valence-electron chi connectivity index (χ3n) is 2.51. The molecule has 5 nitrogen and oxygen atoms in total. The van der Waals surface area contributed by atoms with Crippen molar-refractivity contribution in [2.24, 2.45) is 0 Å². The van der Waals surface area contributed by atoms with Crippen molar-refractivity contribution in [3.8, 4) is 11.5 Å². The summed E-state index contributed by atoms with van der Waals surface area (Å²) < 4.78 is 15.9. The molecule has 19 heavy (non-hydrogen) atoms. The van der Waals surface area contributed by atoms with E-state index in [1.54, 1.807) is 7.11 Å². The van der Waals surface area contributed by atoms with Crippen molar-refractivity contribution in [1.29, 1.82) is 0 Å². The third-order valence-corrected chi connectivity index (χ3v) is 2.51. The monoisotopic (exact) mass is 269 g/mol. The van der Waals surface area contributed by atoms with E-state index in [4.69, 9.17) is 14.2 Å². The Labute approximate surface area is 114 Å². The van der Waals surface area contributed by atoms with Crippen molar-refractivity contribution in [2.45, 2.75) is 13.0 Å². The number of para-hydroxylation sites is 2. The Kier molecular flexibility index (Phi) is 7.97. The van der Waals surface area contributed by atoms with Gasteiger partial charge in [0.1, 0.15) is 12.7 Å². The molecule has 1 unspecified atom stereocenters. The number of methoxy groups -OCH3 is 1. The zero-order chi connectivity index (χ0) is 13.9. The third kappa shape index (κ3) is 6.42. The molecule has 0 fully saturated rings. The van der Waals surface area contributed by atoms with Crippen LogP contribution < -0.4 is 14.8 Å². The van der Waals surface area contributed by atoms with Gasteiger partial charge in [-0.3, -0.25) is 0 Å². The highest BCUT2D eigenvalue weighted by Crippen LogP contribution is 2.25. The Morgan fingerprint density at radius 3 is 2.68 bits per heavy atom. The van der Waals surface area contributed by atoms with Gasteiger partial charge < -0.3 is 24.6 Å². The molecule has 0 saturated heterocycles. The minimum absolute atomic E-state index is 0.224. The second-order valence-electron chi connectivity index (χ2n) is 4.02. The topological polar surface area (TPSA) is 60.0 Å². The quantitative estimate of drug-likeness (QED) is 0.622. The molecule has 108 valence electrons. The standard InChI is InChI=1S/C14H23NO4/c1-3-18-9-8-15-10-12(16)11-19-14-7-5-4-6-13(14)17-2/h4-7,12,15-16H,3,8-11H2,1-2H3. The van der Waals surface area contributed by atoms with E-state index in [0.29, 0.717) is 31.3 Å². The minimum Gasteiger partial charge on any atom is -0.493 e. The summed E-state index contributed by atoms with van der Waals surface area (Å²) in [6, 6.07) is 7.37. The molecule has 1 aromatic carbocycles. The first-order chi connectivity index (χ1) is 9.27. The van der Waals surface area contributed by atoms with Crippen LogP contribution in [0, 0.1) is 0 Å². The number of nitrogens with one attached hydrogen (secondary N) is 1. The number of benzene rings is 1. The molecule has 0 aliphatic carbocycles. The molecule has 5 heteroatoms. The average molecular weight is 269 g/mol. The van der Waals surface area contributed by atoms with E-state index in [-0.39, 0.29) is 6.61 Å². The highest BCUT2D eigenvalue weighted by atomic mass is 16.5. The van der Waals surface area contributed by atoms with Gasteiger partial charge in [0, 0.05) is 19.7 Å². The van der Waals surface area contributed by atoms with E-state index in [1.807, 2.05) is 31.2 Å². The van der Waals surface area contributed by atoms with Crippen LogP contribution in [0.1, 0.15) is 6.92 Å². The van der Waals surface area contributed by atoms with Crippen LogP contribution in [0.25, 0.3) is 0 Å². The van der Waals surface area contributed by atoms with Gasteiger partial charge in [-0.05, 0) is 19.1 Å². The van der Waals surface area contributed by atoms with E-state index in [0.717, 1.165) is 6.54 Å². The van der Waals surface area contributed by atoms with E-state index in [1.165, 1.54) is 0 Å². The fraction of sp³-hybridized carbons (Fsp3) is 0.571. The lowest BCUT2D eigenvalue weighted by molar-refractivity contribution is 0.0989. The Balaban J connectivity index is 2.20. The molecule has 1 atom stereocenters. The molecule has 1 aromatic rings. The van der Waals surface area contributed by atoms with Crippen LogP contribution in [-0.2, 0) is 4.74 Å². The molecule has 0 amide bonds. The summed E-state index contributed by atoms with van der Waals surface area (Å²) in [5.74, 6) is 1.30. The highest BCUT2D eigenvalue weighted by molar-refractivity contribution is 5.39. The number of hydrogen-bond acceptors (Lipinski definition) is 5. The Bertz CT molecular complexity index is 346. The maximum atomic E-state index is 9.76. The molecule has 0 spiro atoms. The predicted molar refractivity (Wildman–Crippen MR) is 73.9 cm³/mol. The lowest BCUT2D eigenvalue weighted by Crippen LogP contribution is -2.33. The van der Waals surface area contributed by atoms with Gasteiger partial charge in [0.05, 0.1) is 13.7 Å². The van der Waals surface area contributed by atoms with Gasteiger partial charge in [0.2, 0.25) is 0 Å². The molecule has 0 aliphatic rings. The van der Waals surface area contributed by atoms with Crippen LogP contribution in [0.5, 0.6) is 11.5 Å². The number of hydrogen-bond donors (Lipinski definition) is 2. The Morgan fingerprint density at radius 1 is 1.26 bits per heavy atom. The van der Waals surface area contributed by atoms with Gasteiger partial charge in [-0.2, -0.15) is 0 Å². The molecule has 0 radical (unpaired) electrons. The number of ether oxygens (including phenoxy) is 3. The van der Waals surface area contributed by atoms with E-state index >= 15 is 0 Å². The molecule has 0 saturated carbocycles. The predicted octanol–water partition coefficient (Wildman–Crippen LogP) is 1.06. The minimum atomic E-state index is -0.563. The van der Waals surface area contributed by atoms with E-state index in [2.05, 4.69) is 5.32 Å². The summed E-state index contributed by atoms with van der Waals surface area (Å²) in [5.41, 5.74) is 0. The summed E-state index contributed by atoms with van der Waals surface area (Å²) in [6.07, 6.45) is -0.563. The van der Waals surface area contributed by atoms with Crippen molar-refractivity contribution in [2.75, 3.05) is 40.0 Å². The van der Waals surface area contributed by atoms with Crippen molar-refractivity contribution < 1.29 is 19.3 Å². The smallest absolute Gasteiger partial charge is 0.161 e. The van der Waals surface area contributed by atoms with E-state index in [9.17, 15) is 5.11 Å². The van der Waals surface area contributed by atoms with Gasteiger partial charge in [-0.1, -0.05) is 12.1 Å². The van der Waals surface area contributed by atoms with Gasteiger partial charge in [0.25, 0.3) is 0 Å². The van der Waals surface area contributed by atoms with E-state index < -0.39 is 6.10 Å². The number of aliphatic hydroxyl groups is 1. The van der Waals surface area contributed by atoms with Crippen LogP contribution in [0.3, 0.4) is 0 Å². The lowest BCUT2D eigenvalue weighted by Gasteiger charge is -2.14. The summed E-state index contributed by atoms with van der Waals surface area (Å²) in [7, 11) is 1.59. The number of aliphatic hydroxyl groups excluding tert-OH is 1. The highest BCUT2D eigenvalue weighted by Gasteiger charge is 2.07. The lowest BCUT2D eigenvalue weighted by atomic mass is 10.3. The van der Waals surface area contributed by atoms with Gasteiger partial charge in [0.15, 0.2) is 11.5 Å². The first-order valence-electron chi connectivity index (χ1n) is 6.50. The maximum Gasteiger partial charge on any atom is 0.161 e. The van der Waals surface area contributed by atoms with Gasteiger partial charge in [-0.15, -0.1) is 0 Å².